The van der Waals surface area contributed by atoms with Crippen LogP contribution in [-0.4, -0.2) is 6.29 Å². The van der Waals surface area contributed by atoms with Crippen LogP contribution in [0.3, 0.4) is 0 Å². The van der Waals surface area contributed by atoms with E-state index in [0.717, 1.165) is 24.7 Å². The van der Waals surface area contributed by atoms with Crippen LogP contribution >= 0.6 is 0 Å². The van der Waals surface area contributed by atoms with Gasteiger partial charge in [0.1, 0.15) is 0 Å². The first kappa shape index (κ1) is 10.0. The lowest BCUT2D eigenvalue weighted by atomic mass is 10.1. The smallest absolute Gasteiger partial charge is 0.185 e. The Morgan fingerprint density at radius 3 is 2.92 bits per heavy atom. The fourth-order valence-corrected chi connectivity index (χ4v) is 1.40. The maximum atomic E-state index is 10.5. The van der Waals surface area contributed by atoms with Gasteiger partial charge in [0.15, 0.2) is 12.0 Å². The van der Waals surface area contributed by atoms with E-state index in [1.54, 1.807) is 6.26 Å². The first-order valence-electron chi connectivity index (χ1n) is 4.90. The Morgan fingerprint density at radius 1 is 1.38 bits per heavy atom. The van der Waals surface area contributed by atoms with Crippen LogP contribution in [0.15, 0.2) is 16.7 Å². The quantitative estimate of drug-likeness (QED) is 0.497. The molecule has 72 valence electrons. The fourth-order valence-electron chi connectivity index (χ4n) is 1.40. The van der Waals surface area contributed by atoms with Crippen LogP contribution in [0.25, 0.3) is 0 Å². The number of furan rings is 1. The molecule has 0 aliphatic rings. The van der Waals surface area contributed by atoms with Crippen LogP contribution in [0, 0.1) is 0 Å². The van der Waals surface area contributed by atoms with Crippen molar-refractivity contribution >= 4 is 6.29 Å². The van der Waals surface area contributed by atoms with Crippen molar-refractivity contribution in [1.29, 1.82) is 0 Å². The summed E-state index contributed by atoms with van der Waals surface area (Å²) in [4.78, 5) is 10.5. The number of aldehydes is 1. The highest BCUT2D eigenvalue weighted by Crippen LogP contribution is 2.12. The van der Waals surface area contributed by atoms with E-state index < -0.39 is 0 Å². The summed E-state index contributed by atoms with van der Waals surface area (Å²) in [6, 6.07) is 1.88. The van der Waals surface area contributed by atoms with E-state index >= 15 is 0 Å². The lowest BCUT2D eigenvalue weighted by molar-refractivity contribution is 0.109. The third-order valence-electron chi connectivity index (χ3n) is 2.19. The van der Waals surface area contributed by atoms with E-state index in [0.29, 0.717) is 5.76 Å². The van der Waals surface area contributed by atoms with Gasteiger partial charge >= 0.3 is 0 Å². The topological polar surface area (TPSA) is 30.2 Å². The number of aryl methyl sites for hydroxylation is 1. The van der Waals surface area contributed by atoms with Gasteiger partial charge in [-0.1, -0.05) is 26.2 Å². The first-order chi connectivity index (χ1) is 6.38. The zero-order valence-corrected chi connectivity index (χ0v) is 8.08. The minimum atomic E-state index is 0.497. The van der Waals surface area contributed by atoms with Gasteiger partial charge in [-0.25, -0.2) is 0 Å². The van der Waals surface area contributed by atoms with E-state index in [2.05, 4.69) is 6.92 Å². The van der Waals surface area contributed by atoms with Crippen LogP contribution in [-0.2, 0) is 6.42 Å². The standard InChI is InChI=1S/C11H16O2/c1-2-3-4-5-6-10-7-8-13-11(10)9-12/h7-9H,2-6H2,1H3. The molecule has 1 heterocycles. The minimum absolute atomic E-state index is 0.497. The van der Waals surface area contributed by atoms with Crippen LogP contribution in [0.5, 0.6) is 0 Å². The Morgan fingerprint density at radius 2 is 2.23 bits per heavy atom. The summed E-state index contributed by atoms with van der Waals surface area (Å²) in [6.45, 7) is 2.19. The van der Waals surface area contributed by atoms with Gasteiger partial charge in [0.25, 0.3) is 0 Å². The number of unbranched alkanes of at least 4 members (excludes halogenated alkanes) is 3. The Labute approximate surface area is 78.9 Å². The monoisotopic (exact) mass is 180 g/mol. The van der Waals surface area contributed by atoms with E-state index in [-0.39, 0.29) is 0 Å². The molecule has 0 spiro atoms. The van der Waals surface area contributed by atoms with Crippen molar-refractivity contribution < 1.29 is 9.21 Å². The molecule has 0 aromatic carbocycles. The third-order valence-corrected chi connectivity index (χ3v) is 2.19. The van der Waals surface area contributed by atoms with Crippen molar-refractivity contribution in [2.75, 3.05) is 0 Å². The maximum Gasteiger partial charge on any atom is 0.185 e. The maximum absolute atomic E-state index is 10.5. The zero-order chi connectivity index (χ0) is 9.52. The van der Waals surface area contributed by atoms with Crippen molar-refractivity contribution in [3.63, 3.8) is 0 Å². The molecular weight excluding hydrogens is 164 g/mol. The average molecular weight is 180 g/mol. The summed E-state index contributed by atoms with van der Waals surface area (Å²) in [7, 11) is 0. The highest BCUT2D eigenvalue weighted by molar-refractivity contribution is 5.72. The normalized spacial score (nSPS) is 10.2. The van der Waals surface area contributed by atoms with Gasteiger partial charge in [0, 0.05) is 5.56 Å². The molecule has 0 saturated heterocycles. The van der Waals surface area contributed by atoms with E-state index in [1.807, 2.05) is 6.07 Å². The highest BCUT2D eigenvalue weighted by atomic mass is 16.3. The molecule has 0 unspecified atom stereocenters. The average Bonchev–Trinajstić information content (AvgIpc) is 2.60. The van der Waals surface area contributed by atoms with Crippen molar-refractivity contribution in [2.24, 2.45) is 0 Å². The molecule has 0 aliphatic carbocycles. The summed E-state index contributed by atoms with van der Waals surface area (Å²) in [5, 5.41) is 0. The van der Waals surface area contributed by atoms with Crippen molar-refractivity contribution in [1.82, 2.24) is 0 Å². The highest BCUT2D eigenvalue weighted by Gasteiger charge is 2.03. The second-order valence-electron chi connectivity index (χ2n) is 3.24. The Hall–Kier alpha value is -1.05. The van der Waals surface area contributed by atoms with Gasteiger partial charge in [-0.3, -0.25) is 4.79 Å². The van der Waals surface area contributed by atoms with E-state index in [4.69, 9.17) is 4.42 Å². The Balaban J connectivity index is 2.31. The predicted molar refractivity (Wildman–Crippen MR) is 51.9 cm³/mol. The Kier molecular flexibility index (Phi) is 4.30. The number of rotatable bonds is 6. The van der Waals surface area contributed by atoms with Gasteiger partial charge in [0.2, 0.25) is 0 Å². The molecule has 0 atom stereocenters. The van der Waals surface area contributed by atoms with Crippen LogP contribution in [0.2, 0.25) is 0 Å². The third kappa shape index (κ3) is 3.05. The number of carbonyl (C=O) groups excluding carboxylic acids is 1. The van der Waals surface area contributed by atoms with E-state index in [9.17, 15) is 4.79 Å². The SMILES string of the molecule is CCCCCCc1ccoc1C=O. The lowest BCUT2D eigenvalue weighted by Gasteiger charge is -1.97. The van der Waals surface area contributed by atoms with E-state index in [1.165, 1.54) is 19.3 Å². The van der Waals surface area contributed by atoms with Gasteiger partial charge in [-0.15, -0.1) is 0 Å². The summed E-state index contributed by atoms with van der Waals surface area (Å²) in [5.74, 6) is 0.497. The molecule has 1 aromatic rings. The van der Waals surface area contributed by atoms with Gasteiger partial charge in [0.05, 0.1) is 6.26 Å². The molecule has 0 fully saturated rings. The van der Waals surface area contributed by atoms with Crippen LogP contribution in [0.1, 0.15) is 48.7 Å². The molecule has 0 amide bonds. The summed E-state index contributed by atoms with van der Waals surface area (Å²) < 4.78 is 5.00. The largest absolute Gasteiger partial charge is 0.461 e. The number of hydrogen-bond donors (Lipinski definition) is 0. The van der Waals surface area contributed by atoms with Crippen LogP contribution in [0.4, 0.5) is 0 Å². The van der Waals surface area contributed by atoms with Gasteiger partial charge in [-0.05, 0) is 18.9 Å². The zero-order valence-electron chi connectivity index (χ0n) is 8.08. The molecule has 1 rings (SSSR count). The van der Waals surface area contributed by atoms with Gasteiger partial charge in [-0.2, -0.15) is 0 Å². The molecule has 0 radical (unpaired) electrons. The van der Waals surface area contributed by atoms with Crippen molar-refractivity contribution in [3.05, 3.63) is 23.7 Å². The first-order valence-corrected chi connectivity index (χ1v) is 4.90. The van der Waals surface area contributed by atoms with Crippen molar-refractivity contribution in [2.45, 2.75) is 39.0 Å². The molecule has 2 nitrogen and oxygen atoms in total. The number of hydrogen-bond acceptors (Lipinski definition) is 2. The molecule has 1 aromatic heterocycles. The molecule has 0 aliphatic heterocycles. The van der Waals surface area contributed by atoms with Crippen LogP contribution < -0.4 is 0 Å². The van der Waals surface area contributed by atoms with Gasteiger partial charge < -0.3 is 4.42 Å². The summed E-state index contributed by atoms with van der Waals surface area (Å²) in [5.41, 5.74) is 1.05. The molecule has 13 heavy (non-hydrogen) atoms. The lowest BCUT2D eigenvalue weighted by Crippen LogP contribution is -1.88. The molecule has 0 bridgehead atoms. The van der Waals surface area contributed by atoms with Crippen molar-refractivity contribution in [3.8, 4) is 0 Å². The molecule has 0 N–H and O–H groups in total. The summed E-state index contributed by atoms with van der Waals surface area (Å²) >= 11 is 0. The minimum Gasteiger partial charge on any atom is -0.461 e. The molecular formula is C11H16O2. The Bertz CT molecular complexity index is 250. The summed E-state index contributed by atoms with van der Waals surface area (Å²) in [6.07, 6.45) is 8.23. The molecule has 2 heteroatoms. The molecule has 0 saturated carbocycles. The second-order valence-corrected chi connectivity index (χ2v) is 3.24. The number of carbonyl (C=O) groups is 1. The predicted octanol–water partition coefficient (Wildman–Crippen LogP) is 3.21. The fraction of sp³-hybridized carbons (Fsp3) is 0.545. The second kappa shape index (κ2) is 5.57.